The van der Waals surface area contributed by atoms with Gasteiger partial charge in [0.25, 0.3) is 0 Å². The highest BCUT2D eigenvalue weighted by Crippen LogP contribution is 2.21. The third-order valence-electron chi connectivity index (χ3n) is 5.89. The van der Waals surface area contributed by atoms with Crippen LogP contribution in [0.3, 0.4) is 0 Å². The summed E-state index contributed by atoms with van der Waals surface area (Å²) in [6.07, 6.45) is 6.41. The van der Waals surface area contributed by atoms with Gasteiger partial charge in [0.2, 0.25) is 5.91 Å². The minimum atomic E-state index is -1.32. The van der Waals surface area contributed by atoms with Crippen molar-refractivity contribution in [1.82, 2.24) is 15.1 Å². The molecule has 0 bridgehead atoms. The molecule has 1 aromatic rings. The number of hydrogen-bond donors (Lipinski definition) is 3. The molecule has 1 heterocycles. The van der Waals surface area contributed by atoms with Crippen molar-refractivity contribution in [3.63, 3.8) is 0 Å². The predicted molar refractivity (Wildman–Crippen MR) is 123 cm³/mol. The Morgan fingerprint density at radius 2 is 1.70 bits per heavy atom. The number of urea groups is 1. The molecule has 9 heteroatoms. The SMILES string of the molecule is CCCCCCCC[C@H](N[C@@H](C)C(=O)N1C(=O)N(Cc2ccccc2)C[C@H]1C(=O)O)C(=O)O. The van der Waals surface area contributed by atoms with Crippen molar-refractivity contribution < 1.29 is 29.4 Å². The number of nitrogens with one attached hydrogen (secondary N) is 1. The molecule has 33 heavy (non-hydrogen) atoms. The quantitative estimate of drug-likeness (QED) is 0.363. The molecule has 1 aromatic carbocycles. The molecule has 0 radical (unpaired) electrons. The van der Waals surface area contributed by atoms with Gasteiger partial charge in [0.1, 0.15) is 6.04 Å². The van der Waals surface area contributed by atoms with Crippen molar-refractivity contribution in [2.24, 2.45) is 0 Å². The molecule has 1 saturated heterocycles. The predicted octanol–water partition coefficient (Wildman–Crippen LogP) is 3.09. The number of nitrogens with zero attached hydrogens (tertiary/aromatic N) is 2. The molecule has 1 aliphatic rings. The number of unbranched alkanes of at least 4 members (excludes halogenated alkanes) is 5. The summed E-state index contributed by atoms with van der Waals surface area (Å²) >= 11 is 0. The van der Waals surface area contributed by atoms with Crippen molar-refractivity contribution >= 4 is 23.9 Å². The highest BCUT2D eigenvalue weighted by atomic mass is 16.4. The van der Waals surface area contributed by atoms with Gasteiger partial charge in [-0.1, -0.05) is 75.8 Å². The van der Waals surface area contributed by atoms with Crippen LogP contribution in [-0.2, 0) is 20.9 Å². The molecule has 3 N–H and O–H groups in total. The van der Waals surface area contributed by atoms with E-state index in [2.05, 4.69) is 12.2 Å². The fourth-order valence-corrected chi connectivity index (χ4v) is 4.02. The summed E-state index contributed by atoms with van der Waals surface area (Å²) in [5.41, 5.74) is 0.820. The fraction of sp³-hybridized carbons (Fsp3) is 0.583. The van der Waals surface area contributed by atoms with Crippen molar-refractivity contribution in [2.75, 3.05) is 6.54 Å². The summed E-state index contributed by atoms with van der Waals surface area (Å²) in [6, 6.07) is 5.12. The molecule has 0 aliphatic carbocycles. The number of aliphatic carboxylic acids is 2. The van der Waals surface area contributed by atoms with Gasteiger partial charge in [-0.15, -0.1) is 0 Å². The van der Waals surface area contributed by atoms with E-state index in [1.165, 1.54) is 11.8 Å². The van der Waals surface area contributed by atoms with E-state index in [9.17, 15) is 29.4 Å². The van der Waals surface area contributed by atoms with Crippen molar-refractivity contribution in [3.8, 4) is 0 Å². The summed E-state index contributed by atoms with van der Waals surface area (Å²) in [5.74, 6) is -3.09. The molecule has 0 saturated carbocycles. The number of carbonyl (C=O) groups excluding carboxylic acids is 2. The number of imide groups is 1. The summed E-state index contributed by atoms with van der Waals surface area (Å²) < 4.78 is 0. The van der Waals surface area contributed by atoms with Crippen LogP contribution < -0.4 is 5.32 Å². The van der Waals surface area contributed by atoms with Crippen LogP contribution in [0.1, 0.15) is 64.4 Å². The van der Waals surface area contributed by atoms with Crippen molar-refractivity contribution in [2.45, 2.75) is 83.5 Å². The number of amides is 3. The first-order valence-electron chi connectivity index (χ1n) is 11.6. The van der Waals surface area contributed by atoms with Crippen LogP contribution in [0.4, 0.5) is 4.79 Å². The first-order valence-corrected chi connectivity index (χ1v) is 11.6. The Balaban J connectivity index is 2.00. The molecule has 182 valence electrons. The number of carboxylic acid groups (broad SMARTS) is 2. The van der Waals surface area contributed by atoms with Gasteiger partial charge in [-0.25, -0.2) is 14.5 Å². The second-order valence-corrected chi connectivity index (χ2v) is 8.55. The lowest BCUT2D eigenvalue weighted by molar-refractivity contribution is -0.147. The maximum absolute atomic E-state index is 13.0. The molecular weight excluding hydrogens is 426 g/mol. The van der Waals surface area contributed by atoms with Crippen LogP contribution >= 0.6 is 0 Å². The average molecular weight is 462 g/mol. The van der Waals surface area contributed by atoms with Crippen LogP contribution in [0.15, 0.2) is 30.3 Å². The maximum atomic E-state index is 13.0. The number of rotatable bonds is 14. The van der Waals surface area contributed by atoms with Gasteiger partial charge in [-0.2, -0.15) is 0 Å². The lowest BCUT2D eigenvalue weighted by Gasteiger charge is -2.25. The molecule has 3 amide bonds. The van der Waals surface area contributed by atoms with Gasteiger partial charge in [0, 0.05) is 6.54 Å². The third-order valence-corrected chi connectivity index (χ3v) is 5.89. The molecule has 0 spiro atoms. The molecule has 0 unspecified atom stereocenters. The zero-order valence-corrected chi connectivity index (χ0v) is 19.4. The van der Waals surface area contributed by atoms with Gasteiger partial charge < -0.3 is 15.1 Å². The van der Waals surface area contributed by atoms with Crippen LogP contribution in [0.2, 0.25) is 0 Å². The Bertz CT molecular complexity index is 816. The van der Waals surface area contributed by atoms with Gasteiger partial charge >= 0.3 is 18.0 Å². The molecule has 1 fully saturated rings. The highest BCUT2D eigenvalue weighted by molar-refractivity contribution is 6.02. The Kier molecular flexibility index (Phi) is 10.3. The number of hydrogen-bond acceptors (Lipinski definition) is 5. The van der Waals surface area contributed by atoms with Gasteiger partial charge in [0.05, 0.1) is 12.6 Å². The van der Waals surface area contributed by atoms with E-state index in [1.807, 2.05) is 30.3 Å². The zero-order chi connectivity index (χ0) is 24.4. The second-order valence-electron chi connectivity index (χ2n) is 8.55. The largest absolute Gasteiger partial charge is 0.480 e. The van der Waals surface area contributed by atoms with Crippen LogP contribution in [0, 0.1) is 0 Å². The summed E-state index contributed by atoms with van der Waals surface area (Å²) in [7, 11) is 0. The first-order chi connectivity index (χ1) is 15.8. The Labute approximate surface area is 194 Å². The summed E-state index contributed by atoms with van der Waals surface area (Å²) in [6.45, 7) is 3.65. The summed E-state index contributed by atoms with van der Waals surface area (Å²) in [5, 5.41) is 21.9. The number of benzene rings is 1. The van der Waals surface area contributed by atoms with E-state index in [0.29, 0.717) is 12.8 Å². The zero-order valence-electron chi connectivity index (χ0n) is 19.4. The van der Waals surface area contributed by atoms with Crippen molar-refractivity contribution in [1.29, 1.82) is 0 Å². The van der Waals surface area contributed by atoms with Gasteiger partial charge in [0.15, 0.2) is 6.04 Å². The Morgan fingerprint density at radius 1 is 1.06 bits per heavy atom. The minimum absolute atomic E-state index is 0.123. The van der Waals surface area contributed by atoms with E-state index in [0.717, 1.165) is 42.6 Å². The maximum Gasteiger partial charge on any atom is 0.328 e. The van der Waals surface area contributed by atoms with Crippen LogP contribution in [-0.4, -0.2) is 68.6 Å². The lowest BCUT2D eigenvalue weighted by atomic mass is 10.0. The average Bonchev–Trinajstić information content (AvgIpc) is 3.11. The first kappa shape index (κ1) is 26.3. The second kappa shape index (κ2) is 12.9. The van der Waals surface area contributed by atoms with Gasteiger partial charge in [-0.3, -0.25) is 14.9 Å². The van der Waals surface area contributed by atoms with Gasteiger partial charge in [-0.05, 0) is 18.9 Å². The normalized spacial score (nSPS) is 17.8. The Morgan fingerprint density at radius 3 is 2.30 bits per heavy atom. The highest BCUT2D eigenvalue weighted by Gasteiger charge is 2.46. The monoisotopic (exact) mass is 461 g/mol. The van der Waals surface area contributed by atoms with E-state index in [4.69, 9.17) is 0 Å². The molecule has 0 aromatic heterocycles. The number of carbonyl (C=O) groups is 4. The van der Waals surface area contributed by atoms with E-state index < -0.39 is 42.0 Å². The standard InChI is InChI=1S/C24H35N3O6/c1-3-4-5-6-7-11-14-19(22(29)30)25-17(2)21(28)27-20(23(31)32)16-26(24(27)33)15-18-12-9-8-10-13-18/h8-10,12-13,17,19-20,25H,3-7,11,14-16H2,1-2H3,(H,29,30)(H,31,32)/t17-,19-,20-/m0/s1. The molecule has 3 atom stereocenters. The summed E-state index contributed by atoms with van der Waals surface area (Å²) in [4.78, 5) is 51.5. The lowest BCUT2D eigenvalue weighted by Crippen LogP contribution is -2.54. The number of carboxylic acids is 2. The molecule has 9 nitrogen and oxygen atoms in total. The minimum Gasteiger partial charge on any atom is -0.480 e. The molecule has 1 aliphatic heterocycles. The topological polar surface area (TPSA) is 127 Å². The van der Waals surface area contributed by atoms with E-state index in [-0.39, 0.29) is 13.1 Å². The fourth-order valence-electron chi connectivity index (χ4n) is 4.02. The molecular formula is C24H35N3O6. The van der Waals surface area contributed by atoms with Crippen LogP contribution in [0.25, 0.3) is 0 Å². The third kappa shape index (κ3) is 7.56. The Hall–Kier alpha value is -2.94. The van der Waals surface area contributed by atoms with E-state index in [1.54, 1.807) is 0 Å². The smallest absolute Gasteiger partial charge is 0.328 e. The van der Waals surface area contributed by atoms with Crippen molar-refractivity contribution in [3.05, 3.63) is 35.9 Å². The molecule has 2 rings (SSSR count). The van der Waals surface area contributed by atoms with E-state index >= 15 is 0 Å². The van der Waals surface area contributed by atoms with Crippen LogP contribution in [0.5, 0.6) is 0 Å².